The first kappa shape index (κ1) is 18.7. The van der Waals surface area contributed by atoms with Gasteiger partial charge in [-0.2, -0.15) is 4.39 Å². The Kier molecular flexibility index (Phi) is 4.32. The summed E-state index contributed by atoms with van der Waals surface area (Å²) in [6.07, 6.45) is 4.77. The molecule has 1 aromatic carbocycles. The van der Waals surface area contributed by atoms with E-state index in [0.717, 1.165) is 12.8 Å². The van der Waals surface area contributed by atoms with Crippen LogP contribution in [0.1, 0.15) is 29.2 Å². The van der Waals surface area contributed by atoms with Gasteiger partial charge in [-0.25, -0.2) is 19.2 Å². The van der Waals surface area contributed by atoms with Crippen LogP contribution in [0.5, 0.6) is 0 Å². The Morgan fingerprint density at radius 3 is 2.77 bits per heavy atom. The number of aromatic nitrogens is 4. The van der Waals surface area contributed by atoms with Gasteiger partial charge in [-0.3, -0.25) is 4.40 Å². The molecule has 30 heavy (non-hydrogen) atoms. The Morgan fingerprint density at radius 1 is 1.23 bits per heavy atom. The first-order chi connectivity index (χ1) is 14.5. The third-order valence-corrected chi connectivity index (χ3v) is 5.53. The maximum Gasteiger partial charge on any atom is 0.338 e. The number of rotatable bonds is 4. The van der Waals surface area contributed by atoms with E-state index in [0.29, 0.717) is 5.65 Å². The van der Waals surface area contributed by atoms with E-state index >= 15 is 0 Å². The van der Waals surface area contributed by atoms with Crippen LogP contribution in [0.2, 0.25) is 5.15 Å². The quantitative estimate of drug-likeness (QED) is 0.433. The number of pyridine rings is 1. The third-order valence-electron chi connectivity index (χ3n) is 5.17. The van der Waals surface area contributed by atoms with Crippen LogP contribution in [0.15, 0.2) is 42.9 Å². The average molecular weight is 429 g/mol. The van der Waals surface area contributed by atoms with Gasteiger partial charge in [-0.05, 0) is 31.0 Å². The molecule has 0 N–H and O–H groups in total. The van der Waals surface area contributed by atoms with Crippen molar-refractivity contribution in [1.29, 1.82) is 0 Å². The Labute approximate surface area is 174 Å². The number of halogens is 3. The molecule has 0 bridgehead atoms. The van der Waals surface area contributed by atoms with Gasteiger partial charge in [0.2, 0.25) is 5.95 Å². The summed E-state index contributed by atoms with van der Waals surface area (Å²) in [5.41, 5.74) is 1.08. The van der Waals surface area contributed by atoms with Crippen LogP contribution >= 0.6 is 11.6 Å². The van der Waals surface area contributed by atoms with Gasteiger partial charge in [0, 0.05) is 23.4 Å². The number of benzene rings is 1. The predicted molar refractivity (Wildman–Crippen MR) is 106 cm³/mol. The van der Waals surface area contributed by atoms with Gasteiger partial charge in [0.05, 0.1) is 19.0 Å². The van der Waals surface area contributed by atoms with E-state index in [1.54, 1.807) is 12.3 Å². The van der Waals surface area contributed by atoms with Gasteiger partial charge in [0.25, 0.3) is 0 Å². The summed E-state index contributed by atoms with van der Waals surface area (Å²) in [7, 11) is 1.28. The molecule has 4 aromatic rings. The van der Waals surface area contributed by atoms with E-state index in [1.165, 1.54) is 46.7 Å². The zero-order valence-electron chi connectivity index (χ0n) is 15.8. The van der Waals surface area contributed by atoms with Crippen molar-refractivity contribution >= 4 is 23.2 Å². The first-order valence-electron chi connectivity index (χ1n) is 9.27. The van der Waals surface area contributed by atoms with E-state index in [9.17, 15) is 13.6 Å². The van der Waals surface area contributed by atoms with Crippen LogP contribution < -0.4 is 0 Å². The van der Waals surface area contributed by atoms with E-state index in [2.05, 4.69) is 9.97 Å². The van der Waals surface area contributed by atoms with Crippen LogP contribution in [0.3, 0.4) is 0 Å². The minimum atomic E-state index is -0.605. The molecule has 0 aliphatic heterocycles. The molecule has 0 saturated heterocycles. The van der Waals surface area contributed by atoms with Crippen LogP contribution in [0.25, 0.3) is 28.2 Å². The molecule has 0 radical (unpaired) electrons. The zero-order chi connectivity index (χ0) is 21.0. The fraction of sp³-hybridized carbons (Fsp3) is 0.190. The van der Waals surface area contributed by atoms with Crippen LogP contribution in [-0.4, -0.2) is 32.0 Å². The lowest BCUT2D eigenvalue weighted by Crippen LogP contribution is -2.01. The fourth-order valence-corrected chi connectivity index (χ4v) is 3.79. The predicted octanol–water partition coefficient (Wildman–Crippen LogP) is 4.92. The van der Waals surface area contributed by atoms with Crippen molar-refractivity contribution in [3.8, 4) is 22.5 Å². The number of methoxy groups -OCH3 is 1. The number of fused-ring (bicyclic) bond motifs is 1. The molecule has 0 spiro atoms. The molecule has 1 saturated carbocycles. The number of ether oxygens (including phenoxy) is 1. The summed E-state index contributed by atoms with van der Waals surface area (Å²) in [5, 5.41) is 0.134. The van der Waals surface area contributed by atoms with Crippen molar-refractivity contribution in [1.82, 2.24) is 18.9 Å². The molecular weight excluding hydrogens is 414 g/mol. The molecule has 1 aliphatic carbocycles. The number of carbonyl (C=O) groups excluding carboxylic acids is 1. The molecule has 0 amide bonds. The van der Waals surface area contributed by atoms with Crippen molar-refractivity contribution in [3.63, 3.8) is 0 Å². The lowest BCUT2D eigenvalue weighted by Gasteiger charge is -2.08. The molecule has 3 heterocycles. The lowest BCUT2D eigenvalue weighted by atomic mass is 10.0. The molecule has 0 atom stereocenters. The normalized spacial score (nSPS) is 13.7. The van der Waals surface area contributed by atoms with Crippen molar-refractivity contribution in [2.45, 2.75) is 18.9 Å². The smallest absolute Gasteiger partial charge is 0.338 e. The number of nitrogens with zero attached hydrogens (tertiary/aromatic N) is 4. The molecule has 3 aromatic heterocycles. The second-order valence-electron chi connectivity index (χ2n) is 7.07. The highest BCUT2D eigenvalue weighted by Crippen LogP contribution is 2.41. The highest BCUT2D eigenvalue weighted by molar-refractivity contribution is 6.32. The zero-order valence-corrected chi connectivity index (χ0v) is 16.5. The highest BCUT2D eigenvalue weighted by Gasteiger charge is 2.30. The molecule has 6 nitrogen and oxygen atoms in total. The molecule has 1 aliphatic rings. The Morgan fingerprint density at radius 2 is 2.03 bits per heavy atom. The van der Waals surface area contributed by atoms with Gasteiger partial charge < -0.3 is 9.30 Å². The van der Waals surface area contributed by atoms with Crippen molar-refractivity contribution < 1.29 is 18.3 Å². The van der Waals surface area contributed by atoms with Gasteiger partial charge in [-0.15, -0.1) is 0 Å². The summed E-state index contributed by atoms with van der Waals surface area (Å²) in [6, 6.07) is 7.44. The number of hydrogen-bond acceptors (Lipinski definition) is 4. The molecular formula is C21H15ClF2N4O2. The summed E-state index contributed by atoms with van der Waals surface area (Å²) in [6.45, 7) is 0. The summed E-state index contributed by atoms with van der Waals surface area (Å²) < 4.78 is 37.7. The van der Waals surface area contributed by atoms with Gasteiger partial charge in [0.15, 0.2) is 0 Å². The largest absolute Gasteiger partial charge is 0.465 e. The molecule has 0 unspecified atom stereocenters. The second kappa shape index (κ2) is 6.91. The maximum absolute atomic E-state index is 15.0. The number of imidazole rings is 2. The number of esters is 1. The molecule has 1 fully saturated rings. The summed E-state index contributed by atoms with van der Waals surface area (Å²) >= 11 is 6.49. The van der Waals surface area contributed by atoms with E-state index in [4.69, 9.17) is 16.3 Å². The SMILES string of the molecule is COC(=O)c1ccn2c(Cl)c(-c3c(F)cccc3-c3ncn(C4CC4)c3F)nc2c1. The first-order valence-corrected chi connectivity index (χ1v) is 9.65. The van der Waals surface area contributed by atoms with Crippen molar-refractivity contribution in [3.05, 3.63) is 65.3 Å². The van der Waals surface area contributed by atoms with E-state index < -0.39 is 17.7 Å². The van der Waals surface area contributed by atoms with E-state index in [-0.39, 0.29) is 39.3 Å². The molecule has 5 rings (SSSR count). The van der Waals surface area contributed by atoms with Crippen LogP contribution in [0, 0.1) is 11.8 Å². The monoisotopic (exact) mass is 428 g/mol. The number of carbonyl (C=O) groups is 1. The Hall–Kier alpha value is -3.26. The third kappa shape index (κ3) is 2.87. The molecule has 152 valence electrons. The van der Waals surface area contributed by atoms with Gasteiger partial charge >= 0.3 is 5.97 Å². The fourth-order valence-electron chi connectivity index (χ4n) is 3.52. The van der Waals surface area contributed by atoms with Crippen LogP contribution in [-0.2, 0) is 4.74 Å². The lowest BCUT2D eigenvalue weighted by molar-refractivity contribution is 0.0600. The number of hydrogen-bond donors (Lipinski definition) is 0. The molecule has 9 heteroatoms. The van der Waals surface area contributed by atoms with Gasteiger partial charge in [-0.1, -0.05) is 23.7 Å². The van der Waals surface area contributed by atoms with Crippen molar-refractivity contribution in [2.75, 3.05) is 7.11 Å². The topological polar surface area (TPSA) is 61.4 Å². The van der Waals surface area contributed by atoms with Crippen molar-refractivity contribution in [2.24, 2.45) is 0 Å². The highest BCUT2D eigenvalue weighted by atomic mass is 35.5. The Bertz CT molecular complexity index is 1310. The van der Waals surface area contributed by atoms with E-state index in [1.807, 2.05) is 0 Å². The standard InChI is InChI=1S/C21H15ClF2N4O2/c1-30-21(29)11-7-8-27-15(9-11)26-18(19(27)22)16-13(3-2-4-14(16)23)17-20(24)28(10-25-17)12-5-6-12/h2-4,7-10,12H,5-6H2,1H3. The van der Waals surface area contributed by atoms with Crippen LogP contribution in [0.4, 0.5) is 8.78 Å². The van der Waals surface area contributed by atoms with Gasteiger partial charge in [0.1, 0.15) is 28.0 Å². The minimum absolute atomic E-state index is 0.0415. The maximum atomic E-state index is 15.0. The summed E-state index contributed by atoms with van der Waals surface area (Å²) in [4.78, 5) is 20.4. The average Bonchev–Trinajstić information content (AvgIpc) is 3.45. The minimum Gasteiger partial charge on any atom is -0.465 e. The second-order valence-corrected chi connectivity index (χ2v) is 7.43. The summed E-state index contributed by atoms with van der Waals surface area (Å²) in [5.74, 6) is -1.65. The Balaban J connectivity index is 1.70.